The Morgan fingerprint density at radius 2 is 1.25 bits per heavy atom. The molecule has 0 fully saturated rings. The number of thiocarbonyl (C=S) groups is 1. The zero-order valence-electron chi connectivity index (χ0n) is 15.9. The Morgan fingerprint density at radius 3 is 1.57 bits per heavy atom. The van der Waals surface area contributed by atoms with Crippen LogP contribution in [0.2, 0.25) is 0 Å². The first-order valence-corrected chi connectivity index (χ1v) is 9.53. The highest BCUT2D eigenvalue weighted by Crippen LogP contribution is 2.05. The largest absolute Gasteiger partial charge is 0.497 e. The number of para-hydroxylation sites is 1. The number of thiol groups is 1. The topological polar surface area (TPSA) is 35.5 Å². The summed E-state index contributed by atoms with van der Waals surface area (Å²) >= 11 is 8.65. The molecule has 0 saturated carbocycles. The van der Waals surface area contributed by atoms with Gasteiger partial charge in [0.15, 0.2) is 5.05 Å². The summed E-state index contributed by atoms with van der Waals surface area (Å²) in [4.78, 5) is 10.5. The summed E-state index contributed by atoms with van der Waals surface area (Å²) in [6.07, 6.45) is 0. The van der Waals surface area contributed by atoms with Gasteiger partial charge in [-0.15, -0.1) is 12.6 Å². The minimum Gasteiger partial charge on any atom is -0.497 e. The monoisotopic (exact) mass is 412 g/mol. The maximum absolute atomic E-state index is 10.5. The number of ether oxygens (including phenoxy) is 2. The first-order valence-electron chi connectivity index (χ1n) is 8.68. The van der Waals surface area contributed by atoms with Gasteiger partial charge in [-0.2, -0.15) is 0 Å². The molecule has 28 heavy (non-hydrogen) atoms. The van der Waals surface area contributed by atoms with Crippen LogP contribution in [0.1, 0.15) is 22.8 Å². The summed E-state index contributed by atoms with van der Waals surface area (Å²) in [5.41, 5.74) is 1.62. The molecule has 0 aliphatic rings. The number of carbonyl (C=O) groups is 1. The fourth-order valence-corrected chi connectivity index (χ4v) is 2.33. The van der Waals surface area contributed by atoms with E-state index >= 15 is 0 Å². The third-order valence-electron chi connectivity index (χ3n) is 3.28. The van der Waals surface area contributed by atoms with E-state index in [1.165, 1.54) is 0 Å². The molecule has 0 radical (unpaired) electrons. The molecule has 0 N–H and O–H groups in total. The smallest absolute Gasteiger partial charge is 0.216 e. The van der Waals surface area contributed by atoms with Gasteiger partial charge in [-0.25, -0.2) is 0 Å². The van der Waals surface area contributed by atoms with Crippen molar-refractivity contribution < 1.29 is 14.3 Å². The number of methoxy groups -OCH3 is 1. The van der Waals surface area contributed by atoms with Crippen LogP contribution in [0.4, 0.5) is 0 Å². The van der Waals surface area contributed by atoms with Gasteiger partial charge in [0, 0.05) is 11.1 Å². The summed E-state index contributed by atoms with van der Waals surface area (Å²) in [7, 11) is 1.66. The van der Waals surface area contributed by atoms with Crippen molar-refractivity contribution in [3.8, 4) is 5.75 Å². The van der Waals surface area contributed by atoms with Crippen LogP contribution < -0.4 is 4.74 Å². The quantitative estimate of drug-likeness (QED) is 0.431. The number of hydrogen-bond donors (Lipinski definition) is 1. The molecule has 0 saturated heterocycles. The van der Waals surface area contributed by atoms with Gasteiger partial charge < -0.3 is 9.47 Å². The Balaban J connectivity index is 0.000000213. The van der Waals surface area contributed by atoms with E-state index in [2.05, 4.69) is 12.6 Å². The second-order valence-corrected chi connectivity index (χ2v) is 6.05. The second-order valence-electron chi connectivity index (χ2n) is 5.27. The van der Waals surface area contributed by atoms with E-state index in [-0.39, 0.29) is 5.12 Å². The molecule has 0 atom stereocenters. The third kappa shape index (κ3) is 9.90. The van der Waals surface area contributed by atoms with Gasteiger partial charge in [0.1, 0.15) is 5.75 Å². The molecule has 3 nitrogen and oxygen atoms in total. The van der Waals surface area contributed by atoms with Crippen molar-refractivity contribution in [3.63, 3.8) is 0 Å². The number of benzene rings is 3. The van der Waals surface area contributed by atoms with E-state index < -0.39 is 0 Å². The lowest BCUT2D eigenvalue weighted by Crippen LogP contribution is -2.01. The molecule has 0 unspecified atom stereocenters. The van der Waals surface area contributed by atoms with E-state index in [4.69, 9.17) is 21.7 Å². The van der Waals surface area contributed by atoms with Crippen LogP contribution in [0.15, 0.2) is 91.0 Å². The summed E-state index contributed by atoms with van der Waals surface area (Å²) in [6.45, 7) is 2.56. The Morgan fingerprint density at radius 1 is 0.821 bits per heavy atom. The first-order chi connectivity index (χ1) is 13.6. The Hall–Kier alpha value is -2.63. The first kappa shape index (κ1) is 23.4. The van der Waals surface area contributed by atoms with Crippen molar-refractivity contribution in [3.05, 3.63) is 102 Å². The van der Waals surface area contributed by atoms with Gasteiger partial charge in [-0.1, -0.05) is 78.9 Å². The van der Waals surface area contributed by atoms with Crippen LogP contribution in [-0.2, 0) is 4.74 Å². The lowest BCUT2D eigenvalue weighted by molar-refractivity contribution is 0.109. The Labute approximate surface area is 177 Å². The van der Waals surface area contributed by atoms with Crippen molar-refractivity contribution in [2.75, 3.05) is 13.7 Å². The van der Waals surface area contributed by atoms with Gasteiger partial charge in [0.25, 0.3) is 0 Å². The zero-order valence-corrected chi connectivity index (χ0v) is 17.7. The predicted molar refractivity (Wildman–Crippen MR) is 123 cm³/mol. The Bertz CT molecular complexity index is 807. The fraction of sp³-hybridized carbons (Fsp3) is 0.130. The van der Waals surface area contributed by atoms with Crippen LogP contribution in [0.25, 0.3) is 0 Å². The highest BCUT2D eigenvalue weighted by molar-refractivity contribution is 7.97. The van der Waals surface area contributed by atoms with E-state index in [9.17, 15) is 4.79 Å². The van der Waals surface area contributed by atoms with Crippen molar-refractivity contribution in [1.29, 1.82) is 0 Å². The average molecular weight is 413 g/mol. The normalized spacial score (nSPS) is 8.96. The molecule has 0 amide bonds. The lowest BCUT2D eigenvalue weighted by Gasteiger charge is -2.02. The number of rotatable bonds is 4. The third-order valence-corrected chi connectivity index (χ3v) is 3.90. The van der Waals surface area contributed by atoms with Gasteiger partial charge in [0.05, 0.1) is 13.7 Å². The molecule has 146 valence electrons. The molecule has 0 heterocycles. The lowest BCUT2D eigenvalue weighted by atomic mass is 10.2. The van der Waals surface area contributed by atoms with Crippen molar-refractivity contribution in [1.82, 2.24) is 0 Å². The van der Waals surface area contributed by atoms with E-state index in [0.29, 0.717) is 17.2 Å². The zero-order chi connectivity index (χ0) is 20.6. The molecule has 0 aliphatic carbocycles. The van der Waals surface area contributed by atoms with E-state index in [0.717, 1.165) is 11.3 Å². The summed E-state index contributed by atoms with van der Waals surface area (Å²) in [6, 6.07) is 28.4. The van der Waals surface area contributed by atoms with Gasteiger partial charge in [0.2, 0.25) is 5.12 Å². The van der Waals surface area contributed by atoms with Crippen LogP contribution in [-0.4, -0.2) is 23.9 Å². The standard InChI is InChI=1S/C9H10OS.C7H6OS.C7H8O/c1-2-10-9(11)8-6-4-3-5-7-8;8-7(9)6-4-2-1-3-5-6;1-8-7-5-3-2-4-6-7/h3-7H,2H2,1H3;1-5H,(H,8,9);2-6H,1H3. The minimum absolute atomic E-state index is 0.185. The van der Waals surface area contributed by atoms with Gasteiger partial charge in [-0.3, -0.25) is 4.79 Å². The van der Waals surface area contributed by atoms with Gasteiger partial charge in [-0.05, 0) is 31.3 Å². The maximum atomic E-state index is 10.5. The predicted octanol–water partition coefficient (Wildman–Crippen LogP) is 5.85. The van der Waals surface area contributed by atoms with Gasteiger partial charge >= 0.3 is 0 Å². The van der Waals surface area contributed by atoms with Crippen molar-refractivity contribution in [2.45, 2.75) is 6.92 Å². The second kappa shape index (κ2) is 14.4. The molecule has 0 aromatic heterocycles. The molecule has 3 aromatic rings. The highest BCUT2D eigenvalue weighted by Gasteiger charge is 1.97. The molecule has 3 aromatic carbocycles. The molecule has 0 spiro atoms. The molecule has 0 bridgehead atoms. The average Bonchev–Trinajstić information content (AvgIpc) is 2.76. The molecule has 0 aliphatic heterocycles. The minimum atomic E-state index is -0.185. The SMILES string of the molecule is CCOC(=S)c1ccccc1.COc1ccccc1.O=C(S)c1ccccc1. The Kier molecular flexibility index (Phi) is 12.1. The van der Waals surface area contributed by atoms with Crippen LogP contribution in [0, 0.1) is 0 Å². The van der Waals surface area contributed by atoms with Crippen LogP contribution in [0.3, 0.4) is 0 Å². The van der Waals surface area contributed by atoms with Crippen molar-refractivity contribution in [2.24, 2.45) is 0 Å². The summed E-state index contributed by atoms with van der Waals surface area (Å²) in [5, 5.41) is 0.392. The molecule has 3 rings (SSSR count). The number of hydrogen-bond acceptors (Lipinski definition) is 4. The molecular weight excluding hydrogens is 388 g/mol. The van der Waals surface area contributed by atoms with Crippen LogP contribution >= 0.6 is 24.8 Å². The van der Waals surface area contributed by atoms with E-state index in [1.807, 2.05) is 85.8 Å². The van der Waals surface area contributed by atoms with Crippen LogP contribution in [0.5, 0.6) is 5.75 Å². The summed E-state index contributed by atoms with van der Waals surface area (Å²) in [5.74, 6) is 0.910. The molecular formula is C23H24O3S2. The van der Waals surface area contributed by atoms with E-state index in [1.54, 1.807) is 19.2 Å². The fourth-order valence-electron chi connectivity index (χ4n) is 1.93. The highest BCUT2D eigenvalue weighted by atomic mass is 32.1. The molecule has 5 heteroatoms. The summed E-state index contributed by atoms with van der Waals surface area (Å²) < 4.78 is 10.1. The van der Waals surface area contributed by atoms with Crippen molar-refractivity contribution >= 4 is 35.0 Å². The number of carbonyl (C=O) groups excluding carboxylic acids is 1. The maximum Gasteiger partial charge on any atom is 0.216 e.